The van der Waals surface area contributed by atoms with E-state index in [1.54, 1.807) is 12.1 Å². The predicted octanol–water partition coefficient (Wildman–Crippen LogP) is 4.54. The third kappa shape index (κ3) is 3.69. The molecule has 0 heterocycles. The van der Waals surface area contributed by atoms with Crippen molar-refractivity contribution in [3.8, 4) is 11.5 Å². The van der Waals surface area contributed by atoms with Gasteiger partial charge in [0.05, 0.1) is 5.02 Å². The number of benzene rings is 2. The van der Waals surface area contributed by atoms with Crippen LogP contribution in [0.2, 0.25) is 5.02 Å². The van der Waals surface area contributed by atoms with Gasteiger partial charge in [-0.2, -0.15) is 0 Å². The monoisotopic (exact) mass is 343 g/mol. The lowest BCUT2D eigenvalue weighted by atomic mass is 10.1. The Morgan fingerprint density at radius 3 is 2.74 bits per heavy atom. The van der Waals surface area contributed by atoms with Gasteiger partial charge in [0.25, 0.3) is 0 Å². The average Bonchev–Trinajstić information content (AvgIpc) is 2.32. The highest BCUT2D eigenvalue weighted by atomic mass is 79.9. The van der Waals surface area contributed by atoms with Crippen molar-refractivity contribution < 1.29 is 9.13 Å². The molecule has 2 N–H and O–H groups in total. The molecular weight excluding hydrogens is 333 g/mol. The molecule has 0 fully saturated rings. The first-order valence-corrected chi connectivity index (χ1v) is 6.88. The second-order valence-corrected chi connectivity index (χ2v) is 5.30. The molecule has 5 heteroatoms. The molecule has 2 rings (SSSR count). The molecule has 0 aliphatic carbocycles. The lowest BCUT2D eigenvalue weighted by Gasteiger charge is -2.12. The van der Waals surface area contributed by atoms with E-state index in [0.29, 0.717) is 34.0 Å². The minimum absolute atomic E-state index is 0.378. The Kier molecular flexibility index (Phi) is 4.80. The van der Waals surface area contributed by atoms with Crippen LogP contribution in [0, 0.1) is 5.82 Å². The van der Waals surface area contributed by atoms with Crippen LogP contribution in [-0.2, 0) is 6.42 Å². The zero-order chi connectivity index (χ0) is 13.8. The van der Waals surface area contributed by atoms with E-state index in [1.807, 2.05) is 12.1 Å². The summed E-state index contributed by atoms with van der Waals surface area (Å²) in [5.74, 6) is 0.530. The number of rotatable bonds is 4. The zero-order valence-electron chi connectivity index (χ0n) is 10.00. The molecule has 0 aromatic heterocycles. The van der Waals surface area contributed by atoms with E-state index in [4.69, 9.17) is 22.1 Å². The van der Waals surface area contributed by atoms with Gasteiger partial charge in [0.2, 0.25) is 0 Å². The summed E-state index contributed by atoms with van der Waals surface area (Å²) in [4.78, 5) is 0. The van der Waals surface area contributed by atoms with Crippen LogP contribution in [0.25, 0.3) is 0 Å². The number of halogens is 3. The standard InChI is InChI=1S/C14H12BrClFNO/c15-10-6-11(17)8-12(7-10)19-14-9(4-5-18)2-1-3-13(14)16/h1-3,6-8H,4-5,18H2. The summed E-state index contributed by atoms with van der Waals surface area (Å²) >= 11 is 9.34. The highest BCUT2D eigenvalue weighted by Crippen LogP contribution is 2.34. The first-order valence-electron chi connectivity index (χ1n) is 5.71. The van der Waals surface area contributed by atoms with Crippen LogP contribution in [0.15, 0.2) is 40.9 Å². The molecule has 0 amide bonds. The van der Waals surface area contributed by atoms with Crippen LogP contribution in [-0.4, -0.2) is 6.54 Å². The van der Waals surface area contributed by atoms with E-state index >= 15 is 0 Å². The van der Waals surface area contributed by atoms with Gasteiger partial charge in [-0.25, -0.2) is 4.39 Å². The van der Waals surface area contributed by atoms with Gasteiger partial charge in [-0.05, 0) is 36.7 Å². The van der Waals surface area contributed by atoms with Crippen molar-refractivity contribution in [1.82, 2.24) is 0 Å². The second kappa shape index (κ2) is 6.37. The van der Waals surface area contributed by atoms with Gasteiger partial charge in [0.15, 0.2) is 0 Å². The molecule has 19 heavy (non-hydrogen) atoms. The third-order valence-electron chi connectivity index (χ3n) is 2.52. The van der Waals surface area contributed by atoms with Crippen molar-refractivity contribution >= 4 is 27.5 Å². The molecule has 0 spiro atoms. The maximum Gasteiger partial charge on any atom is 0.149 e. The number of hydrogen-bond donors (Lipinski definition) is 1. The number of hydrogen-bond acceptors (Lipinski definition) is 2. The minimum Gasteiger partial charge on any atom is -0.455 e. The van der Waals surface area contributed by atoms with Gasteiger partial charge in [-0.1, -0.05) is 39.7 Å². The summed E-state index contributed by atoms with van der Waals surface area (Å²) in [6.07, 6.45) is 0.645. The van der Waals surface area contributed by atoms with Crippen molar-refractivity contribution in [2.24, 2.45) is 5.73 Å². The highest BCUT2D eigenvalue weighted by molar-refractivity contribution is 9.10. The molecule has 0 bridgehead atoms. The van der Waals surface area contributed by atoms with E-state index in [-0.39, 0.29) is 5.82 Å². The van der Waals surface area contributed by atoms with E-state index in [9.17, 15) is 4.39 Å². The van der Waals surface area contributed by atoms with Crippen molar-refractivity contribution in [3.05, 3.63) is 57.3 Å². The summed E-state index contributed by atoms with van der Waals surface area (Å²) < 4.78 is 19.6. The molecule has 0 unspecified atom stereocenters. The number of ether oxygens (including phenoxy) is 1. The molecule has 0 atom stereocenters. The van der Waals surface area contributed by atoms with E-state index < -0.39 is 0 Å². The van der Waals surface area contributed by atoms with Gasteiger partial charge < -0.3 is 10.5 Å². The van der Waals surface area contributed by atoms with E-state index in [2.05, 4.69) is 15.9 Å². The van der Waals surface area contributed by atoms with E-state index in [0.717, 1.165) is 5.56 Å². The molecule has 2 nitrogen and oxygen atoms in total. The van der Waals surface area contributed by atoms with Crippen molar-refractivity contribution in [1.29, 1.82) is 0 Å². The first kappa shape index (κ1) is 14.3. The minimum atomic E-state index is -0.378. The molecule has 0 aliphatic rings. The third-order valence-corrected chi connectivity index (χ3v) is 3.27. The molecule has 0 saturated heterocycles. The maximum absolute atomic E-state index is 13.3. The fraction of sp³-hybridized carbons (Fsp3) is 0.143. The summed E-state index contributed by atoms with van der Waals surface area (Å²) in [5, 5.41) is 0.478. The smallest absolute Gasteiger partial charge is 0.149 e. The second-order valence-electron chi connectivity index (χ2n) is 3.97. The fourth-order valence-electron chi connectivity index (χ4n) is 1.73. The van der Waals surface area contributed by atoms with Crippen LogP contribution in [0.4, 0.5) is 4.39 Å². The maximum atomic E-state index is 13.3. The van der Waals surface area contributed by atoms with E-state index in [1.165, 1.54) is 12.1 Å². The van der Waals surface area contributed by atoms with Gasteiger partial charge in [0, 0.05) is 10.5 Å². The van der Waals surface area contributed by atoms with Gasteiger partial charge in [-0.3, -0.25) is 0 Å². The highest BCUT2D eigenvalue weighted by Gasteiger charge is 2.10. The molecule has 100 valence electrons. The molecular formula is C14H12BrClFNO. The Labute approximate surface area is 124 Å². The Balaban J connectivity index is 2.36. The Morgan fingerprint density at radius 2 is 2.05 bits per heavy atom. The van der Waals surface area contributed by atoms with Gasteiger partial charge >= 0.3 is 0 Å². The van der Waals surface area contributed by atoms with Crippen LogP contribution >= 0.6 is 27.5 Å². The van der Waals surface area contributed by atoms with Gasteiger partial charge in [-0.15, -0.1) is 0 Å². The quantitative estimate of drug-likeness (QED) is 0.884. The Morgan fingerprint density at radius 1 is 1.26 bits per heavy atom. The van der Waals surface area contributed by atoms with Crippen LogP contribution < -0.4 is 10.5 Å². The lowest BCUT2D eigenvalue weighted by molar-refractivity contribution is 0.470. The summed E-state index contributed by atoms with van der Waals surface area (Å²) in [6, 6.07) is 9.80. The molecule has 0 radical (unpaired) electrons. The molecule has 2 aromatic rings. The van der Waals surface area contributed by atoms with Gasteiger partial charge in [0.1, 0.15) is 17.3 Å². The summed E-state index contributed by atoms with van der Waals surface area (Å²) in [7, 11) is 0. The van der Waals surface area contributed by atoms with Crippen molar-refractivity contribution in [2.75, 3.05) is 6.54 Å². The number of para-hydroxylation sites is 1. The van der Waals surface area contributed by atoms with Crippen LogP contribution in [0.5, 0.6) is 11.5 Å². The largest absolute Gasteiger partial charge is 0.455 e. The molecule has 2 aromatic carbocycles. The lowest BCUT2D eigenvalue weighted by Crippen LogP contribution is -2.04. The Hall–Kier alpha value is -1.10. The molecule has 0 aliphatic heterocycles. The SMILES string of the molecule is NCCc1cccc(Cl)c1Oc1cc(F)cc(Br)c1. The summed E-state index contributed by atoms with van der Waals surface area (Å²) in [6.45, 7) is 0.490. The Bertz CT molecular complexity index is 571. The molecule has 0 saturated carbocycles. The van der Waals surface area contributed by atoms with Crippen LogP contribution in [0.1, 0.15) is 5.56 Å². The zero-order valence-corrected chi connectivity index (χ0v) is 12.3. The van der Waals surface area contributed by atoms with Crippen LogP contribution in [0.3, 0.4) is 0 Å². The van der Waals surface area contributed by atoms with Crippen molar-refractivity contribution in [3.63, 3.8) is 0 Å². The van der Waals surface area contributed by atoms with Crippen molar-refractivity contribution in [2.45, 2.75) is 6.42 Å². The summed E-state index contributed by atoms with van der Waals surface area (Å²) in [5.41, 5.74) is 6.45. The average molecular weight is 345 g/mol. The predicted molar refractivity (Wildman–Crippen MR) is 78.4 cm³/mol. The number of nitrogens with two attached hydrogens (primary N) is 1. The normalized spacial score (nSPS) is 10.5. The topological polar surface area (TPSA) is 35.2 Å². The first-order chi connectivity index (χ1) is 9.10. The fourth-order valence-corrected chi connectivity index (χ4v) is 2.40.